The molecule has 0 unspecified atom stereocenters. The lowest BCUT2D eigenvalue weighted by atomic mass is 10.2. The van der Waals surface area contributed by atoms with Gasteiger partial charge in [0.1, 0.15) is 0 Å². The number of rotatable bonds is 5. The summed E-state index contributed by atoms with van der Waals surface area (Å²) in [5, 5.41) is 4.07. The monoisotopic (exact) mass is 405 g/mol. The van der Waals surface area contributed by atoms with Crippen molar-refractivity contribution in [2.75, 3.05) is 37.6 Å². The van der Waals surface area contributed by atoms with Crippen LogP contribution >= 0.6 is 23.2 Å². The predicted molar refractivity (Wildman–Crippen MR) is 109 cm³/mol. The van der Waals surface area contributed by atoms with Crippen molar-refractivity contribution in [3.8, 4) is 0 Å². The Kier molecular flexibility index (Phi) is 6.58. The lowest BCUT2D eigenvalue weighted by molar-refractivity contribution is -0.131. The Bertz CT molecular complexity index is 786. The first-order chi connectivity index (χ1) is 13.0. The fourth-order valence-electron chi connectivity index (χ4n) is 3.01. The molecule has 2 aromatic carbocycles. The van der Waals surface area contributed by atoms with Crippen molar-refractivity contribution in [3.63, 3.8) is 0 Å². The van der Waals surface area contributed by atoms with Gasteiger partial charge in [-0.25, -0.2) is 0 Å². The molecule has 0 saturated carbocycles. The number of carbonyl (C=O) groups is 2. The topological polar surface area (TPSA) is 52.7 Å². The van der Waals surface area contributed by atoms with E-state index in [1.807, 2.05) is 29.2 Å². The molecule has 2 amide bonds. The molecule has 1 heterocycles. The lowest BCUT2D eigenvalue weighted by Crippen LogP contribution is -2.49. The van der Waals surface area contributed by atoms with Gasteiger partial charge in [-0.3, -0.25) is 9.59 Å². The van der Waals surface area contributed by atoms with Gasteiger partial charge in [-0.2, -0.15) is 0 Å². The Morgan fingerprint density at radius 3 is 2.00 bits per heavy atom. The molecule has 0 radical (unpaired) electrons. The normalized spacial score (nSPS) is 14.1. The van der Waals surface area contributed by atoms with Gasteiger partial charge >= 0.3 is 0 Å². The van der Waals surface area contributed by atoms with Gasteiger partial charge in [0.2, 0.25) is 5.91 Å². The zero-order chi connectivity index (χ0) is 19.2. The maximum atomic E-state index is 12.4. The summed E-state index contributed by atoms with van der Waals surface area (Å²) in [7, 11) is 0. The Balaban J connectivity index is 1.41. The van der Waals surface area contributed by atoms with Gasteiger partial charge in [0, 0.05) is 60.4 Å². The molecular formula is C20H21Cl2N3O2. The summed E-state index contributed by atoms with van der Waals surface area (Å²) in [6, 6.07) is 14.4. The van der Waals surface area contributed by atoms with Crippen molar-refractivity contribution in [3.05, 3.63) is 64.1 Å². The van der Waals surface area contributed by atoms with Gasteiger partial charge < -0.3 is 15.1 Å². The van der Waals surface area contributed by atoms with Crippen LogP contribution in [0.3, 0.4) is 0 Å². The molecule has 1 saturated heterocycles. The average Bonchev–Trinajstić information content (AvgIpc) is 2.69. The van der Waals surface area contributed by atoms with E-state index in [0.717, 1.165) is 18.8 Å². The summed E-state index contributed by atoms with van der Waals surface area (Å²) in [5.74, 6) is -0.144. The van der Waals surface area contributed by atoms with Crippen LogP contribution in [-0.4, -0.2) is 49.4 Å². The van der Waals surface area contributed by atoms with Gasteiger partial charge in [-0.15, -0.1) is 0 Å². The molecule has 3 rings (SSSR count). The molecule has 27 heavy (non-hydrogen) atoms. The molecule has 1 fully saturated rings. The van der Waals surface area contributed by atoms with Crippen LogP contribution in [0, 0.1) is 0 Å². The van der Waals surface area contributed by atoms with Gasteiger partial charge in [-0.05, 0) is 48.5 Å². The molecule has 1 aliphatic heterocycles. The number of hydrogen-bond acceptors (Lipinski definition) is 3. The molecule has 0 spiro atoms. The molecule has 5 nitrogen and oxygen atoms in total. The fraction of sp³-hybridized carbons (Fsp3) is 0.300. The van der Waals surface area contributed by atoms with Gasteiger partial charge in [0.15, 0.2) is 0 Å². The molecule has 7 heteroatoms. The molecule has 1 N–H and O–H groups in total. The first-order valence-corrected chi connectivity index (χ1v) is 9.60. The van der Waals surface area contributed by atoms with E-state index in [1.165, 1.54) is 0 Å². The maximum Gasteiger partial charge on any atom is 0.251 e. The highest BCUT2D eigenvalue weighted by atomic mass is 35.5. The third-order valence-corrected chi connectivity index (χ3v) is 5.06. The molecule has 0 atom stereocenters. The lowest BCUT2D eigenvalue weighted by Gasteiger charge is -2.36. The Hall–Kier alpha value is -2.24. The molecule has 2 aromatic rings. The van der Waals surface area contributed by atoms with Crippen LogP contribution in [0.2, 0.25) is 10.0 Å². The number of carbonyl (C=O) groups excluding carboxylic acids is 2. The predicted octanol–water partition coefficient (Wildman–Crippen LogP) is 3.46. The van der Waals surface area contributed by atoms with Crippen molar-refractivity contribution >= 4 is 40.7 Å². The van der Waals surface area contributed by atoms with Crippen LogP contribution in [0.5, 0.6) is 0 Å². The van der Waals surface area contributed by atoms with Crippen LogP contribution in [0.1, 0.15) is 16.8 Å². The third kappa shape index (κ3) is 5.37. The Morgan fingerprint density at radius 1 is 0.852 bits per heavy atom. The largest absolute Gasteiger partial charge is 0.368 e. The van der Waals surface area contributed by atoms with Crippen LogP contribution < -0.4 is 10.2 Å². The van der Waals surface area contributed by atoms with Crippen LogP contribution in [-0.2, 0) is 4.79 Å². The number of anilines is 1. The minimum atomic E-state index is -0.202. The average molecular weight is 406 g/mol. The quantitative estimate of drug-likeness (QED) is 0.828. The van der Waals surface area contributed by atoms with Crippen LogP contribution in [0.15, 0.2) is 48.5 Å². The third-order valence-electron chi connectivity index (χ3n) is 4.55. The van der Waals surface area contributed by atoms with Crippen molar-refractivity contribution in [1.82, 2.24) is 10.2 Å². The number of benzene rings is 2. The van der Waals surface area contributed by atoms with E-state index in [1.54, 1.807) is 24.3 Å². The first-order valence-electron chi connectivity index (χ1n) is 8.85. The first kappa shape index (κ1) is 19.5. The number of nitrogens with one attached hydrogen (secondary N) is 1. The molecule has 142 valence electrons. The van der Waals surface area contributed by atoms with Crippen molar-refractivity contribution < 1.29 is 9.59 Å². The smallest absolute Gasteiger partial charge is 0.251 e. The molecule has 0 aromatic heterocycles. The van der Waals surface area contributed by atoms with E-state index in [9.17, 15) is 9.59 Å². The number of hydrogen-bond donors (Lipinski definition) is 1. The standard InChI is InChI=1S/C20H21Cl2N3O2/c21-16-3-1-15(2-4-16)20(27)23-10-9-19(26)25-13-11-24(12-14-25)18-7-5-17(22)6-8-18/h1-8H,9-14H2,(H,23,27). The van der Waals surface area contributed by atoms with Crippen molar-refractivity contribution in [2.24, 2.45) is 0 Å². The van der Waals surface area contributed by atoms with Crippen LogP contribution in [0.4, 0.5) is 5.69 Å². The highest BCUT2D eigenvalue weighted by Gasteiger charge is 2.21. The minimum Gasteiger partial charge on any atom is -0.368 e. The molecule has 0 aliphatic carbocycles. The molecular weight excluding hydrogens is 385 g/mol. The second-order valence-electron chi connectivity index (χ2n) is 6.36. The van der Waals surface area contributed by atoms with Gasteiger partial charge in [-0.1, -0.05) is 23.2 Å². The minimum absolute atomic E-state index is 0.0576. The zero-order valence-corrected chi connectivity index (χ0v) is 16.3. The van der Waals surface area contributed by atoms with Crippen molar-refractivity contribution in [2.45, 2.75) is 6.42 Å². The second kappa shape index (κ2) is 9.11. The van der Waals surface area contributed by atoms with Gasteiger partial charge in [0.05, 0.1) is 0 Å². The van der Waals surface area contributed by atoms with E-state index in [2.05, 4.69) is 10.2 Å². The fourth-order valence-corrected chi connectivity index (χ4v) is 3.26. The summed E-state index contributed by atoms with van der Waals surface area (Å²) < 4.78 is 0. The Morgan fingerprint density at radius 2 is 1.41 bits per heavy atom. The second-order valence-corrected chi connectivity index (χ2v) is 7.23. The zero-order valence-electron chi connectivity index (χ0n) is 14.8. The van der Waals surface area contributed by atoms with E-state index in [0.29, 0.717) is 41.7 Å². The summed E-state index contributed by atoms with van der Waals surface area (Å²) in [6.07, 6.45) is 0.292. The number of nitrogens with zero attached hydrogens (tertiary/aromatic N) is 2. The van der Waals surface area contributed by atoms with E-state index in [4.69, 9.17) is 23.2 Å². The maximum absolute atomic E-state index is 12.4. The number of amides is 2. The highest BCUT2D eigenvalue weighted by Crippen LogP contribution is 2.19. The highest BCUT2D eigenvalue weighted by molar-refractivity contribution is 6.30. The van der Waals surface area contributed by atoms with E-state index < -0.39 is 0 Å². The van der Waals surface area contributed by atoms with Crippen LogP contribution in [0.25, 0.3) is 0 Å². The summed E-state index contributed by atoms with van der Waals surface area (Å²) in [5.41, 5.74) is 1.64. The summed E-state index contributed by atoms with van der Waals surface area (Å²) in [4.78, 5) is 28.5. The molecule has 0 bridgehead atoms. The van der Waals surface area contributed by atoms with Crippen molar-refractivity contribution in [1.29, 1.82) is 0 Å². The summed E-state index contributed by atoms with van der Waals surface area (Å²) >= 11 is 11.7. The van der Waals surface area contributed by atoms with E-state index in [-0.39, 0.29) is 11.8 Å². The number of halogens is 2. The number of piperazine rings is 1. The van der Waals surface area contributed by atoms with Gasteiger partial charge in [0.25, 0.3) is 5.91 Å². The molecule has 1 aliphatic rings. The summed E-state index contributed by atoms with van der Waals surface area (Å²) in [6.45, 7) is 3.23. The van der Waals surface area contributed by atoms with E-state index >= 15 is 0 Å². The SMILES string of the molecule is O=C(NCCC(=O)N1CCN(c2ccc(Cl)cc2)CC1)c1ccc(Cl)cc1. The Labute approximate surface area is 168 Å².